The van der Waals surface area contributed by atoms with Gasteiger partial charge in [0.2, 0.25) is 6.73 Å². The van der Waals surface area contributed by atoms with E-state index in [-0.39, 0.29) is 12.6 Å². The van der Waals surface area contributed by atoms with E-state index in [0.29, 0.717) is 12.1 Å². The van der Waals surface area contributed by atoms with Crippen molar-refractivity contribution in [1.82, 2.24) is 5.32 Å². The monoisotopic (exact) mass is 239 g/mol. The Kier molecular flexibility index (Phi) is 8.96. The molecule has 0 aromatic carbocycles. The zero-order valence-electron chi connectivity index (χ0n) is 10.9. The van der Waals surface area contributed by atoms with Crippen molar-refractivity contribution in [3.8, 4) is 0 Å². The Morgan fingerprint density at radius 2 is 1.94 bits per heavy atom. The number of hydrogen-bond donors (Lipinski definition) is 2. The van der Waals surface area contributed by atoms with Crippen LogP contribution in [0, 0.1) is 0 Å². The fraction of sp³-hybridized carbons (Fsp3) is 0.538. The highest BCUT2D eigenvalue weighted by Gasteiger charge is 2.06. The van der Waals surface area contributed by atoms with E-state index in [1.165, 1.54) is 0 Å². The summed E-state index contributed by atoms with van der Waals surface area (Å²) in [5.74, 6) is -0.0615. The molecule has 1 amide bonds. The van der Waals surface area contributed by atoms with Gasteiger partial charge in [0, 0.05) is 18.7 Å². The van der Waals surface area contributed by atoms with Gasteiger partial charge in [-0.3, -0.25) is 4.79 Å². The molecule has 0 aliphatic rings. The largest absolute Gasteiger partial charge is 0.352 e. The molecule has 0 aliphatic carbocycles. The summed E-state index contributed by atoms with van der Waals surface area (Å²) in [6.45, 7) is 6.72. The number of unbranched alkanes of at least 4 members (excludes halogenated alkanes) is 1. The number of aromatic nitrogens is 1. The first kappa shape index (κ1) is 15.6. The van der Waals surface area contributed by atoms with Crippen molar-refractivity contribution in [2.24, 2.45) is 0 Å². The molecule has 0 spiro atoms. The third-order valence-electron chi connectivity index (χ3n) is 2.13. The summed E-state index contributed by atoms with van der Waals surface area (Å²) in [7, 11) is 0. The minimum absolute atomic E-state index is 0.0615. The van der Waals surface area contributed by atoms with Crippen LogP contribution in [-0.4, -0.2) is 17.6 Å². The van der Waals surface area contributed by atoms with Crippen LogP contribution in [0.25, 0.3) is 0 Å². The number of hydrogen-bond acceptors (Lipinski definition) is 2. The summed E-state index contributed by atoms with van der Waals surface area (Å²) in [5.41, 5.74) is 0.621. The third kappa shape index (κ3) is 6.02. The molecule has 0 aliphatic heterocycles. The minimum Gasteiger partial charge on any atom is -0.352 e. The van der Waals surface area contributed by atoms with Crippen molar-refractivity contribution >= 4 is 5.91 Å². The van der Waals surface area contributed by atoms with Crippen molar-refractivity contribution < 1.29 is 14.5 Å². The van der Waals surface area contributed by atoms with E-state index < -0.39 is 0 Å². The summed E-state index contributed by atoms with van der Waals surface area (Å²) in [6, 6.07) is 3.38. The molecule has 1 rings (SSSR count). The molecule has 0 unspecified atom stereocenters. The van der Waals surface area contributed by atoms with Crippen LogP contribution in [0.1, 0.15) is 44.0 Å². The van der Waals surface area contributed by atoms with Gasteiger partial charge in [0.05, 0.1) is 5.56 Å². The number of carbonyl (C=O) groups is 1. The first-order chi connectivity index (χ1) is 8.27. The summed E-state index contributed by atoms with van der Waals surface area (Å²) in [4.78, 5) is 11.5. The summed E-state index contributed by atoms with van der Waals surface area (Å²) < 4.78 is 1.59. The molecule has 1 heterocycles. The lowest BCUT2D eigenvalue weighted by molar-refractivity contribution is -0.729. The van der Waals surface area contributed by atoms with E-state index in [1.807, 2.05) is 13.8 Å². The third-order valence-corrected chi connectivity index (χ3v) is 2.13. The van der Waals surface area contributed by atoms with Crippen molar-refractivity contribution in [1.29, 1.82) is 0 Å². The average Bonchev–Trinajstić information content (AvgIpc) is 2.41. The number of amides is 1. The van der Waals surface area contributed by atoms with E-state index >= 15 is 0 Å². The standard InChI is InChI=1S/C11H16N2O2.C2H6/c1-2-3-6-12-11(15)10-4-7-13(9-14)8-5-10;1-2/h4-5,7-8,14H,2-3,6,9H2,1H3;1-2H3/p+1. The minimum atomic E-state index is -0.0717. The van der Waals surface area contributed by atoms with Gasteiger partial charge in [-0.25, -0.2) is 0 Å². The molecular weight excluding hydrogens is 216 g/mol. The highest BCUT2D eigenvalue weighted by Crippen LogP contribution is 1.95. The van der Waals surface area contributed by atoms with Crippen LogP contribution in [0.4, 0.5) is 0 Å². The van der Waals surface area contributed by atoms with Crippen LogP contribution in [0.15, 0.2) is 24.5 Å². The van der Waals surface area contributed by atoms with Crippen molar-refractivity contribution in [2.45, 2.75) is 40.3 Å². The van der Waals surface area contributed by atoms with Crippen molar-refractivity contribution in [3.05, 3.63) is 30.1 Å². The lowest BCUT2D eigenvalue weighted by Crippen LogP contribution is -2.33. The van der Waals surface area contributed by atoms with E-state index in [1.54, 1.807) is 29.1 Å². The van der Waals surface area contributed by atoms with Gasteiger partial charge in [-0.1, -0.05) is 27.2 Å². The first-order valence-corrected chi connectivity index (χ1v) is 6.16. The first-order valence-electron chi connectivity index (χ1n) is 6.16. The Labute approximate surface area is 103 Å². The summed E-state index contributed by atoms with van der Waals surface area (Å²) >= 11 is 0. The molecule has 2 N–H and O–H groups in total. The fourth-order valence-electron chi connectivity index (χ4n) is 1.18. The smallest absolute Gasteiger partial charge is 0.251 e. The maximum Gasteiger partial charge on any atom is 0.251 e. The van der Waals surface area contributed by atoms with Gasteiger partial charge >= 0.3 is 0 Å². The number of aliphatic hydroxyl groups is 1. The molecule has 17 heavy (non-hydrogen) atoms. The molecule has 1 aromatic heterocycles. The van der Waals surface area contributed by atoms with Gasteiger partial charge in [0.15, 0.2) is 12.4 Å². The molecule has 1 aromatic rings. The lowest BCUT2D eigenvalue weighted by Gasteiger charge is -2.02. The van der Waals surface area contributed by atoms with Crippen LogP contribution in [-0.2, 0) is 6.73 Å². The van der Waals surface area contributed by atoms with Crippen LogP contribution < -0.4 is 9.88 Å². The van der Waals surface area contributed by atoms with Crippen LogP contribution in [0.5, 0.6) is 0 Å². The predicted octanol–water partition coefficient (Wildman–Crippen LogP) is 1.48. The quantitative estimate of drug-likeness (QED) is 0.604. The van der Waals surface area contributed by atoms with Gasteiger partial charge in [-0.05, 0) is 6.42 Å². The highest BCUT2D eigenvalue weighted by molar-refractivity contribution is 5.93. The number of carbonyl (C=O) groups excluding carboxylic acids is 1. The van der Waals surface area contributed by atoms with Crippen LogP contribution in [0.2, 0.25) is 0 Å². The molecule has 0 saturated heterocycles. The van der Waals surface area contributed by atoms with E-state index in [2.05, 4.69) is 12.2 Å². The van der Waals surface area contributed by atoms with E-state index in [4.69, 9.17) is 5.11 Å². The van der Waals surface area contributed by atoms with Gasteiger partial charge < -0.3 is 10.4 Å². The molecule has 0 atom stereocenters. The van der Waals surface area contributed by atoms with Crippen molar-refractivity contribution in [2.75, 3.05) is 6.54 Å². The lowest BCUT2D eigenvalue weighted by atomic mass is 10.2. The number of rotatable bonds is 5. The Morgan fingerprint density at radius 3 is 2.41 bits per heavy atom. The van der Waals surface area contributed by atoms with Crippen molar-refractivity contribution in [3.63, 3.8) is 0 Å². The molecule has 4 nitrogen and oxygen atoms in total. The maximum atomic E-state index is 11.5. The Morgan fingerprint density at radius 1 is 1.35 bits per heavy atom. The van der Waals surface area contributed by atoms with Gasteiger partial charge in [0.1, 0.15) is 0 Å². The molecule has 0 radical (unpaired) electrons. The second-order valence-electron chi connectivity index (χ2n) is 3.35. The predicted molar refractivity (Wildman–Crippen MR) is 67.4 cm³/mol. The van der Waals surface area contributed by atoms with Crippen LogP contribution in [0.3, 0.4) is 0 Å². The zero-order chi connectivity index (χ0) is 13.1. The number of pyridine rings is 1. The number of aliphatic hydroxyl groups excluding tert-OH is 1. The maximum absolute atomic E-state index is 11.5. The number of nitrogens with zero attached hydrogens (tertiary/aromatic N) is 1. The van der Waals surface area contributed by atoms with Gasteiger partial charge in [-0.15, -0.1) is 0 Å². The SMILES string of the molecule is CC.CCCCNC(=O)c1cc[n+](CO)cc1. The van der Waals surface area contributed by atoms with E-state index in [9.17, 15) is 4.79 Å². The molecule has 0 bridgehead atoms. The van der Waals surface area contributed by atoms with Crippen LogP contribution >= 0.6 is 0 Å². The molecular formula is C13H23N2O2+. The molecule has 0 fully saturated rings. The highest BCUT2D eigenvalue weighted by atomic mass is 16.3. The number of nitrogens with one attached hydrogen (secondary N) is 1. The zero-order valence-corrected chi connectivity index (χ0v) is 10.9. The second kappa shape index (κ2) is 9.78. The molecule has 0 saturated carbocycles. The summed E-state index contributed by atoms with van der Waals surface area (Å²) in [6.07, 6.45) is 5.41. The fourth-order valence-corrected chi connectivity index (χ4v) is 1.18. The Hall–Kier alpha value is -1.42. The average molecular weight is 239 g/mol. The summed E-state index contributed by atoms with van der Waals surface area (Å²) in [5, 5.41) is 11.6. The normalized spacial score (nSPS) is 9.18. The van der Waals surface area contributed by atoms with Gasteiger partial charge in [-0.2, -0.15) is 4.57 Å². The van der Waals surface area contributed by atoms with E-state index in [0.717, 1.165) is 12.8 Å². The van der Waals surface area contributed by atoms with Gasteiger partial charge in [0.25, 0.3) is 5.91 Å². The topological polar surface area (TPSA) is 53.2 Å². The molecule has 4 heteroatoms. The second-order valence-corrected chi connectivity index (χ2v) is 3.35. The Bertz CT molecular complexity index is 310. The molecule has 96 valence electrons. The Balaban J connectivity index is 0.00000121.